The first-order valence-electron chi connectivity index (χ1n) is 11.1. The lowest BCUT2D eigenvalue weighted by Crippen LogP contribution is -2.51. The predicted octanol–water partition coefficient (Wildman–Crippen LogP) is 2.70. The summed E-state index contributed by atoms with van der Waals surface area (Å²) >= 11 is 2.48. The van der Waals surface area contributed by atoms with E-state index in [1.54, 1.807) is 40.9 Å². The number of carbonyl (C=O) groups excluding carboxylic acids is 4. The Bertz CT molecular complexity index is 1060. The molecule has 4 rings (SSSR count). The molecule has 2 unspecified atom stereocenters. The number of methoxy groups -OCH3 is 1. The summed E-state index contributed by atoms with van der Waals surface area (Å²) in [6.45, 7) is 4.55. The van der Waals surface area contributed by atoms with Crippen molar-refractivity contribution in [2.45, 2.75) is 37.6 Å². The summed E-state index contributed by atoms with van der Waals surface area (Å²) in [5, 5.41) is 2.40. The first-order valence-corrected chi connectivity index (χ1v) is 12.9. The van der Waals surface area contributed by atoms with Gasteiger partial charge in [-0.25, -0.2) is 0 Å². The minimum absolute atomic E-state index is 0.00496. The molecule has 0 aliphatic carbocycles. The highest BCUT2D eigenvalue weighted by Crippen LogP contribution is 2.47. The summed E-state index contributed by atoms with van der Waals surface area (Å²) in [6.07, 6.45) is 2.83. The largest absolute Gasteiger partial charge is 0.493 e. The monoisotopic (exact) mass is 505 g/mol. The van der Waals surface area contributed by atoms with E-state index >= 15 is 0 Å². The van der Waals surface area contributed by atoms with Gasteiger partial charge in [-0.1, -0.05) is 6.07 Å². The van der Waals surface area contributed by atoms with E-state index < -0.39 is 11.9 Å². The zero-order chi connectivity index (χ0) is 24.5. The number of hydrogen-bond donors (Lipinski definition) is 1. The number of rotatable bonds is 8. The number of amides is 4. The number of nitrogens with one attached hydrogen (secondary N) is 1. The minimum atomic E-state index is -0.519. The fourth-order valence-electron chi connectivity index (χ4n) is 4.32. The Morgan fingerprint density at radius 1 is 1.29 bits per heavy atom. The molecule has 11 heteroatoms. The highest BCUT2D eigenvalue weighted by Gasteiger charge is 2.52. The molecule has 3 saturated heterocycles. The van der Waals surface area contributed by atoms with E-state index in [2.05, 4.69) is 5.32 Å². The van der Waals surface area contributed by atoms with E-state index in [1.807, 2.05) is 13.8 Å². The molecular formula is C23H27N3O6S2. The summed E-state index contributed by atoms with van der Waals surface area (Å²) in [7, 11) is 1.54. The predicted molar refractivity (Wildman–Crippen MR) is 131 cm³/mol. The molecule has 182 valence electrons. The van der Waals surface area contributed by atoms with Crippen LogP contribution < -0.4 is 14.8 Å². The van der Waals surface area contributed by atoms with Gasteiger partial charge < -0.3 is 19.7 Å². The number of benzene rings is 1. The smallest absolute Gasteiger partial charge is 0.293 e. The molecule has 0 spiro atoms. The van der Waals surface area contributed by atoms with Gasteiger partial charge in [0.05, 0.1) is 23.5 Å². The van der Waals surface area contributed by atoms with E-state index in [0.29, 0.717) is 40.7 Å². The van der Waals surface area contributed by atoms with Crippen molar-refractivity contribution in [1.82, 2.24) is 15.1 Å². The van der Waals surface area contributed by atoms with Gasteiger partial charge in [0, 0.05) is 25.3 Å². The molecule has 1 aromatic carbocycles. The van der Waals surface area contributed by atoms with Gasteiger partial charge >= 0.3 is 0 Å². The van der Waals surface area contributed by atoms with Crippen molar-refractivity contribution >= 4 is 52.6 Å². The summed E-state index contributed by atoms with van der Waals surface area (Å²) in [5.41, 5.74) is 0.705. The van der Waals surface area contributed by atoms with Crippen LogP contribution in [0.3, 0.4) is 0 Å². The molecule has 3 aliphatic heterocycles. The van der Waals surface area contributed by atoms with Crippen LogP contribution in [0, 0.1) is 0 Å². The van der Waals surface area contributed by atoms with Crippen LogP contribution in [-0.4, -0.2) is 76.2 Å². The van der Waals surface area contributed by atoms with Crippen LogP contribution >= 0.6 is 23.5 Å². The molecule has 9 nitrogen and oxygen atoms in total. The topological polar surface area (TPSA) is 105 Å². The van der Waals surface area contributed by atoms with Crippen LogP contribution in [0.5, 0.6) is 11.5 Å². The second-order valence-corrected chi connectivity index (χ2v) is 10.7. The van der Waals surface area contributed by atoms with Gasteiger partial charge in [0.25, 0.3) is 11.1 Å². The van der Waals surface area contributed by atoms with E-state index in [0.717, 1.165) is 23.1 Å². The molecule has 3 aliphatic rings. The van der Waals surface area contributed by atoms with Crippen molar-refractivity contribution < 1.29 is 28.7 Å². The Labute approximate surface area is 206 Å². The molecule has 0 aromatic heterocycles. The van der Waals surface area contributed by atoms with Crippen LogP contribution in [-0.2, 0) is 14.4 Å². The van der Waals surface area contributed by atoms with Gasteiger partial charge in [-0.3, -0.25) is 24.1 Å². The first kappa shape index (κ1) is 24.5. The molecule has 1 aromatic rings. The molecule has 0 bridgehead atoms. The van der Waals surface area contributed by atoms with Gasteiger partial charge in [0.15, 0.2) is 11.5 Å². The summed E-state index contributed by atoms with van der Waals surface area (Å²) in [5.74, 6) is 1.02. The average Bonchev–Trinajstić information content (AvgIpc) is 3.40. The standard InChI is InChI=1S/C23H27N3O6S2/c1-4-32-16-6-5-14(11-17(16)31-3)12-18-21(29)25(22(30)34-18)10-9-24-20(28)15-13-33-23(2)8-7-19(27)26(15)23/h5-6,11-12,15H,4,7-10,13H2,1-3H3,(H,24,28)/b18-12+. The Kier molecular flexibility index (Phi) is 7.13. The summed E-state index contributed by atoms with van der Waals surface area (Å²) < 4.78 is 10.8. The van der Waals surface area contributed by atoms with Gasteiger partial charge in [0.2, 0.25) is 11.8 Å². The Morgan fingerprint density at radius 2 is 2.09 bits per heavy atom. The van der Waals surface area contributed by atoms with Crippen LogP contribution in [0.4, 0.5) is 4.79 Å². The SMILES string of the molecule is CCOc1ccc(/C=C2/SC(=O)N(CCNC(=O)C3CSC4(C)CCC(=O)N34)C2=O)cc1OC. The van der Waals surface area contributed by atoms with Crippen molar-refractivity contribution in [2.24, 2.45) is 0 Å². The number of carbonyl (C=O) groups is 4. The Hall–Kier alpha value is -2.66. The van der Waals surface area contributed by atoms with E-state index in [1.165, 1.54) is 7.11 Å². The highest BCUT2D eigenvalue weighted by atomic mass is 32.2. The lowest BCUT2D eigenvalue weighted by atomic mass is 10.2. The number of hydrogen-bond acceptors (Lipinski definition) is 8. The number of imide groups is 1. The second-order valence-electron chi connectivity index (χ2n) is 8.23. The van der Waals surface area contributed by atoms with Crippen molar-refractivity contribution in [1.29, 1.82) is 0 Å². The maximum Gasteiger partial charge on any atom is 0.293 e. The summed E-state index contributed by atoms with van der Waals surface area (Å²) in [6, 6.07) is 4.76. The molecule has 0 saturated carbocycles. The van der Waals surface area contributed by atoms with Gasteiger partial charge in [0.1, 0.15) is 6.04 Å². The van der Waals surface area contributed by atoms with Gasteiger partial charge in [-0.2, -0.15) is 0 Å². The third-order valence-corrected chi connectivity index (χ3v) is 8.45. The van der Waals surface area contributed by atoms with Crippen LogP contribution in [0.15, 0.2) is 23.1 Å². The molecule has 1 N–H and O–H groups in total. The van der Waals surface area contributed by atoms with Crippen LogP contribution in [0.25, 0.3) is 6.08 Å². The van der Waals surface area contributed by atoms with Crippen LogP contribution in [0.2, 0.25) is 0 Å². The van der Waals surface area contributed by atoms with Crippen molar-refractivity contribution in [3.05, 3.63) is 28.7 Å². The fourth-order valence-corrected chi connectivity index (χ4v) is 6.61. The fraction of sp³-hybridized carbons (Fsp3) is 0.478. The normalized spacial score (nSPS) is 25.3. The highest BCUT2D eigenvalue weighted by molar-refractivity contribution is 8.18. The number of nitrogens with zero attached hydrogens (tertiary/aromatic N) is 2. The summed E-state index contributed by atoms with van der Waals surface area (Å²) in [4.78, 5) is 53.0. The molecule has 3 fully saturated rings. The third-order valence-electron chi connectivity index (χ3n) is 6.04. The molecule has 0 radical (unpaired) electrons. The Balaban J connectivity index is 1.35. The zero-order valence-corrected chi connectivity index (χ0v) is 20.9. The number of fused-ring (bicyclic) bond motifs is 1. The van der Waals surface area contributed by atoms with Crippen molar-refractivity contribution in [2.75, 3.05) is 32.6 Å². The van der Waals surface area contributed by atoms with E-state index in [4.69, 9.17) is 9.47 Å². The Morgan fingerprint density at radius 3 is 2.82 bits per heavy atom. The molecule has 34 heavy (non-hydrogen) atoms. The number of thioether (sulfide) groups is 2. The van der Waals surface area contributed by atoms with Crippen molar-refractivity contribution in [3.63, 3.8) is 0 Å². The average molecular weight is 506 g/mol. The van der Waals surface area contributed by atoms with E-state index in [9.17, 15) is 19.2 Å². The first-order chi connectivity index (χ1) is 16.3. The molecule has 4 amide bonds. The minimum Gasteiger partial charge on any atom is -0.493 e. The maximum atomic E-state index is 12.8. The van der Waals surface area contributed by atoms with Crippen molar-refractivity contribution in [3.8, 4) is 11.5 Å². The quantitative estimate of drug-likeness (QED) is 0.538. The molecule has 3 heterocycles. The zero-order valence-electron chi connectivity index (χ0n) is 19.3. The second kappa shape index (κ2) is 9.91. The lowest BCUT2D eigenvalue weighted by Gasteiger charge is -2.29. The van der Waals surface area contributed by atoms with E-state index in [-0.39, 0.29) is 35.0 Å². The van der Waals surface area contributed by atoms with Gasteiger partial charge in [-0.15, -0.1) is 11.8 Å². The number of ether oxygens (including phenoxy) is 2. The van der Waals surface area contributed by atoms with Gasteiger partial charge in [-0.05, 0) is 55.8 Å². The maximum absolute atomic E-state index is 12.8. The third kappa shape index (κ3) is 4.63. The molecular weight excluding hydrogens is 478 g/mol. The van der Waals surface area contributed by atoms with Crippen LogP contribution in [0.1, 0.15) is 32.3 Å². The molecule has 2 atom stereocenters. The lowest BCUT2D eigenvalue weighted by molar-refractivity contribution is -0.137.